The van der Waals surface area contributed by atoms with E-state index in [0.29, 0.717) is 0 Å². The molecule has 0 saturated carbocycles. The van der Waals surface area contributed by atoms with Crippen LogP contribution in [0.1, 0.15) is 38.7 Å². The van der Waals surface area contributed by atoms with Crippen molar-refractivity contribution in [2.45, 2.75) is 45.1 Å². The summed E-state index contributed by atoms with van der Waals surface area (Å²) in [6, 6.07) is 8.16. The molecule has 6 heteroatoms. The molecule has 1 heterocycles. The van der Waals surface area contributed by atoms with Crippen molar-refractivity contribution in [1.82, 2.24) is 15.5 Å². The summed E-state index contributed by atoms with van der Waals surface area (Å²) in [4.78, 5) is 6.94. The smallest absolute Gasteiger partial charge is 0.191 e. The monoisotopic (exact) mass is 474 g/mol. The Morgan fingerprint density at radius 2 is 1.85 bits per heavy atom. The molecule has 0 aromatic heterocycles. The van der Waals surface area contributed by atoms with Gasteiger partial charge in [0.25, 0.3) is 0 Å². The van der Waals surface area contributed by atoms with Crippen molar-refractivity contribution in [3.05, 3.63) is 29.8 Å². The molecule has 0 unspecified atom stereocenters. The maximum Gasteiger partial charge on any atom is 0.191 e. The third kappa shape index (κ3) is 6.95. The second-order valence-electron chi connectivity index (χ2n) is 7.27. The van der Waals surface area contributed by atoms with Crippen molar-refractivity contribution in [3.8, 4) is 5.75 Å². The van der Waals surface area contributed by atoms with Gasteiger partial charge in [0.15, 0.2) is 5.96 Å². The molecular weight excluding hydrogens is 439 g/mol. The van der Waals surface area contributed by atoms with E-state index in [1.54, 1.807) is 7.11 Å². The number of ether oxygens (including phenoxy) is 1. The van der Waals surface area contributed by atoms with E-state index in [4.69, 9.17) is 4.74 Å². The van der Waals surface area contributed by atoms with E-state index in [0.717, 1.165) is 31.2 Å². The SMILES string of the molecule is CN=C(NCCc1ccccc1OC)NCC(C)(C)N1CCCCC1.I. The van der Waals surface area contributed by atoms with Crippen LogP contribution in [-0.2, 0) is 6.42 Å². The predicted octanol–water partition coefficient (Wildman–Crippen LogP) is 3.29. The second-order valence-corrected chi connectivity index (χ2v) is 7.27. The molecule has 0 amide bonds. The number of hydrogen-bond donors (Lipinski definition) is 2. The molecule has 0 spiro atoms. The van der Waals surface area contributed by atoms with Crippen LogP contribution in [0.5, 0.6) is 5.75 Å². The molecule has 2 N–H and O–H groups in total. The van der Waals surface area contributed by atoms with Gasteiger partial charge in [0, 0.05) is 25.7 Å². The van der Waals surface area contributed by atoms with Crippen LogP contribution in [0.3, 0.4) is 0 Å². The van der Waals surface area contributed by atoms with E-state index in [2.05, 4.69) is 40.4 Å². The first kappa shape index (κ1) is 23.0. The Balaban J connectivity index is 0.00000338. The molecule has 1 aliphatic rings. The number of benzene rings is 1. The number of para-hydroxylation sites is 1. The van der Waals surface area contributed by atoms with Crippen LogP contribution in [0.15, 0.2) is 29.3 Å². The quantitative estimate of drug-likeness (QED) is 0.362. The van der Waals surface area contributed by atoms with Crippen molar-refractivity contribution in [3.63, 3.8) is 0 Å². The lowest BCUT2D eigenvalue weighted by Crippen LogP contribution is -2.55. The first-order chi connectivity index (χ1) is 12.1. The van der Waals surface area contributed by atoms with Gasteiger partial charge in [-0.05, 0) is 57.8 Å². The van der Waals surface area contributed by atoms with Crippen LogP contribution >= 0.6 is 24.0 Å². The minimum atomic E-state index is 0. The number of nitrogens with zero attached hydrogens (tertiary/aromatic N) is 2. The van der Waals surface area contributed by atoms with E-state index in [1.165, 1.54) is 37.9 Å². The minimum absolute atomic E-state index is 0. The Morgan fingerprint density at radius 1 is 1.15 bits per heavy atom. The maximum absolute atomic E-state index is 5.41. The van der Waals surface area contributed by atoms with Crippen LogP contribution in [0.2, 0.25) is 0 Å². The fourth-order valence-electron chi connectivity index (χ4n) is 3.36. The van der Waals surface area contributed by atoms with E-state index in [9.17, 15) is 0 Å². The Hall–Kier alpha value is -1.02. The van der Waals surface area contributed by atoms with Crippen LogP contribution in [0.25, 0.3) is 0 Å². The topological polar surface area (TPSA) is 48.9 Å². The van der Waals surface area contributed by atoms with Gasteiger partial charge in [-0.1, -0.05) is 24.6 Å². The first-order valence-corrected chi connectivity index (χ1v) is 9.38. The Bertz CT molecular complexity index is 556. The Morgan fingerprint density at radius 3 is 2.50 bits per heavy atom. The number of halogens is 1. The van der Waals surface area contributed by atoms with Gasteiger partial charge in [0.2, 0.25) is 0 Å². The van der Waals surface area contributed by atoms with Gasteiger partial charge < -0.3 is 15.4 Å². The van der Waals surface area contributed by atoms with E-state index in [-0.39, 0.29) is 29.5 Å². The average molecular weight is 474 g/mol. The highest BCUT2D eigenvalue weighted by Gasteiger charge is 2.27. The summed E-state index contributed by atoms with van der Waals surface area (Å²) >= 11 is 0. The lowest BCUT2D eigenvalue weighted by Gasteiger charge is -2.41. The standard InChI is InChI=1S/C20H34N4O.HI/c1-20(2,24-14-8-5-9-15-24)16-23-19(21-3)22-13-12-17-10-6-7-11-18(17)25-4;/h6-7,10-11H,5,8-9,12-16H2,1-4H3,(H2,21,22,23);1H. The summed E-state index contributed by atoms with van der Waals surface area (Å²) < 4.78 is 5.41. The highest BCUT2D eigenvalue weighted by atomic mass is 127. The number of hydrogen-bond acceptors (Lipinski definition) is 3. The molecule has 1 aliphatic heterocycles. The van der Waals surface area contributed by atoms with E-state index >= 15 is 0 Å². The highest BCUT2D eigenvalue weighted by Crippen LogP contribution is 2.20. The average Bonchev–Trinajstić information content (AvgIpc) is 2.65. The minimum Gasteiger partial charge on any atom is -0.496 e. The predicted molar refractivity (Wildman–Crippen MR) is 121 cm³/mol. The zero-order valence-electron chi connectivity index (χ0n) is 16.7. The first-order valence-electron chi connectivity index (χ1n) is 9.38. The van der Waals surface area contributed by atoms with Crippen molar-refractivity contribution in [2.24, 2.45) is 4.99 Å². The molecule has 0 atom stereocenters. The Kier molecular flexibility index (Phi) is 10.3. The van der Waals surface area contributed by atoms with Gasteiger partial charge in [-0.15, -0.1) is 24.0 Å². The van der Waals surface area contributed by atoms with Gasteiger partial charge in [-0.25, -0.2) is 0 Å². The van der Waals surface area contributed by atoms with Crippen molar-refractivity contribution >= 4 is 29.9 Å². The number of rotatable bonds is 7. The van der Waals surface area contributed by atoms with Crippen molar-refractivity contribution in [2.75, 3.05) is 40.3 Å². The third-order valence-corrected chi connectivity index (χ3v) is 5.00. The lowest BCUT2D eigenvalue weighted by molar-refractivity contribution is 0.0982. The molecule has 1 aromatic rings. The lowest BCUT2D eigenvalue weighted by atomic mass is 9.98. The summed E-state index contributed by atoms with van der Waals surface area (Å²) in [5, 5.41) is 6.90. The van der Waals surface area contributed by atoms with Gasteiger partial charge in [0.05, 0.1) is 7.11 Å². The van der Waals surface area contributed by atoms with Gasteiger partial charge >= 0.3 is 0 Å². The summed E-state index contributed by atoms with van der Waals surface area (Å²) in [5.41, 5.74) is 1.35. The number of likely N-dealkylation sites (tertiary alicyclic amines) is 1. The molecule has 0 radical (unpaired) electrons. The van der Waals surface area contributed by atoms with Crippen LogP contribution in [0.4, 0.5) is 0 Å². The molecule has 1 saturated heterocycles. The summed E-state index contributed by atoms with van der Waals surface area (Å²) in [6.45, 7) is 8.75. The number of piperidine rings is 1. The highest BCUT2D eigenvalue weighted by molar-refractivity contribution is 14.0. The van der Waals surface area contributed by atoms with Gasteiger partial charge in [-0.3, -0.25) is 9.89 Å². The number of methoxy groups -OCH3 is 1. The zero-order valence-corrected chi connectivity index (χ0v) is 19.0. The summed E-state index contributed by atoms with van der Waals surface area (Å²) in [6.07, 6.45) is 4.90. The number of aliphatic imine (C=N–C) groups is 1. The molecule has 5 nitrogen and oxygen atoms in total. The molecule has 148 valence electrons. The number of nitrogens with one attached hydrogen (secondary N) is 2. The van der Waals surface area contributed by atoms with Crippen LogP contribution in [-0.4, -0.2) is 56.7 Å². The fraction of sp³-hybridized carbons (Fsp3) is 0.650. The van der Waals surface area contributed by atoms with E-state index in [1.807, 2.05) is 25.2 Å². The molecule has 26 heavy (non-hydrogen) atoms. The largest absolute Gasteiger partial charge is 0.496 e. The number of guanidine groups is 1. The van der Waals surface area contributed by atoms with Gasteiger partial charge in [-0.2, -0.15) is 0 Å². The summed E-state index contributed by atoms with van der Waals surface area (Å²) in [5.74, 6) is 1.80. The van der Waals surface area contributed by atoms with Gasteiger partial charge in [0.1, 0.15) is 5.75 Å². The molecule has 0 aliphatic carbocycles. The van der Waals surface area contributed by atoms with Crippen LogP contribution < -0.4 is 15.4 Å². The molecule has 0 bridgehead atoms. The van der Waals surface area contributed by atoms with Crippen molar-refractivity contribution < 1.29 is 4.74 Å². The zero-order chi connectivity index (χ0) is 18.1. The van der Waals surface area contributed by atoms with Crippen LogP contribution in [0, 0.1) is 0 Å². The molecule has 2 rings (SSSR count). The molecule has 1 fully saturated rings. The summed E-state index contributed by atoms with van der Waals surface area (Å²) in [7, 11) is 3.54. The fourth-order valence-corrected chi connectivity index (χ4v) is 3.36. The normalized spacial score (nSPS) is 15.9. The molecular formula is C20H35IN4O. The van der Waals surface area contributed by atoms with Crippen molar-refractivity contribution in [1.29, 1.82) is 0 Å². The Labute approximate surface area is 176 Å². The third-order valence-electron chi connectivity index (χ3n) is 5.00. The molecule has 1 aromatic carbocycles. The maximum atomic E-state index is 5.41. The van der Waals surface area contributed by atoms with E-state index < -0.39 is 0 Å². The second kappa shape index (κ2) is 11.6.